The van der Waals surface area contributed by atoms with Crippen LogP contribution in [0.2, 0.25) is 0 Å². The Morgan fingerprint density at radius 1 is 1.40 bits per heavy atom. The van der Waals surface area contributed by atoms with Crippen LogP contribution in [0.5, 0.6) is 0 Å². The van der Waals surface area contributed by atoms with Crippen LogP contribution in [0.4, 0.5) is 0 Å². The van der Waals surface area contributed by atoms with Crippen molar-refractivity contribution < 1.29 is 0 Å². The van der Waals surface area contributed by atoms with E-state index in [1.165, 1.54) is 0 Å². The molecule has 0 saturated carbocycles. The number of hydrogen-bond donors (Lipinski definition) is 0. The van der Waals surface area contributed by atoms with E-state index < -0.39 is 0 Å². The predicted octanol–water partition coefficient (Wildman–Crippen LogP) is 1.42. The van der Waals surface area contributed by atoms with Crippen molar-refractivity contribution >= 4 is 5.84 Å². The number of hydrogen-bond acceptors (Lipinski definition) is 2. The molecular weight excluding hydrogens is 124 g/mol. The third kappa shape index (κ3) is 1.72. The van der Waals surface area contributed by atoms with Crippen molar-refractivity contribution in [2.24, 2.45) is 4.99 Å². The van der Waals surface area contributed by atoms with Crippen LogP contribution >= 0.6 is 0 Å². The van der Waals surface area contributed by atoms with E-state index in [1.54, 1.807) is 0 Å². The normalized spacial score (nSPS) is 16.4. The third-order valence-electron chi connectivity index (χ3n) is 1.37. The molecule has 0 aromatic heterocycles. The SMILES string of the molecule is CN(C)C1=NC=CC=CC1. The highest BCUT2D eigenvalue weighted by atomic mass is 15.1. The second-order valence-corrected chi connectivity index (χ2v) is 2.41. The molecule has 1 aliphatic heterocycles. The van der Waals surface area contributed by atoms with E-state index >= 15 is 0 Å². The molecule has 1 aliphatic rings. The highest BCUT2D eigenvalue weighted by Crippen LogP contribution is 1.98. The predicted molar refractivity (Wildman–Crippen MR) is 44.0 cm³/mol. The van der Waals surface area contributed by atoms with E-state index in [0.29, 0.717) is 0 Å². The van der Waals surface area contributed by atoms with Gasteiger partial charge in [-0.25, -0.2) is 4.99 Å². The highest BCUT2D eigenvalue weighted by molar-refractivity contribution is 5.84. The van der Waals surface area contributed by atoms with Gasteiger partial charge < -0.3 is 4.90 Å². The van der Waals surface area contributed by atoms with Crippen LogP contribution < -0.4 is 0 Å². The smallest absolute Gasteiger partial charge is 0.107 e. The van der Waals surface area contributed by atoms with Gasteiger partial charge in [-0.15, -0.1) is 0 Å². The first-order valence-electron chi connectivity index (χ1n) is 3.36. The first kappa shape index (κ1) is 7.06. The van der Waals surface area contributed by atoms with E-state index in [2.05, 4.69) is 11.1 Å². The van der Waals surface area contributed by atoms with Crippen LogP contribution in [0.3, 0.4) is 0 Å². The first-order chi connectivity index (χ1) is 4.80. The van der Waals surface area contributed by atoms with Crippen LogP contribution in [0.15, 0.2) is 29.4 Å². The maximum atomic E-state index is 4.22. The third-order valence-corrected chi connectivity index (χ3v) is 1.37. The van der Waals surface area contributed by atoms with E-state index in [4.69, 9.17) is 0 Å². The Morgan fingerprint density at radius 3 is 2.90 bits per heavy atom. The Hall–Kier alpha value is -1.05. The molecule has 2 nitrogen and oxygen atoms in total. The lowest BCUT2D eigenvalue weighted by molar-refractivity contribution is 0.612. The summed E-state index contributed by atoms with van der Waals surface area (Å²) in [6.45, 7) is 0. The zero-order valence-electron chi connectivity index (χ0n) is 6.41. The molecule has 0 radical (unpaired) electrons. The molecule has 0 aromatic carbocycles. The zero-order valence-corrected chi connectivity index (χ0v) is 6.41. The summed E-state index contributed by atoms with van der Waals surface area (Å²) in [6.07, 6.45) is 8.80. The van der Waals surface area contributed by atoms with Gasteiger partial charge in [0.25, 0.3) is 0 Å². The van der Waals surface area contributed by atoms with Gasteiger partial charge in [0.1, 0.15) is 5.84 Å². The van der Waals surface area contributed by atoms with E-state index in [9.17, 15) is 0 Å². The second-order valence-electron chi connectivity index (χ2n) is 2.41. The molecule has 1 heterocycles. The quantitative estimate of drug-likeness (QED) is 0.491. The summed E-state index contributed by atoms with van der Waals surface area (Å²) in [7, 11) is 4.01. The molecule has 0 fully saturated rings. The van der Waals surface area contributed by atoms with Gasteiger partial charge in [0.2, 0.25) is 0 Å². The van der Waals surface area contributed by atoms with Crippen LogP contribution in [0.1, 0.15) is 6.42 Å². The van der Waals surface area contributed by atoms with Gasteiger partial charge in [0.15, 0.2) is 0 Å². The van der Waals surface area contributed by atoms with E-state index in [-0.39, 0.29) is 0 Å². The lowest BCUT2D eigenvalue weighted by Crippen LogP contribution is -2.20. The lowest BCUT2D eigenvalue weighted by atomic mass is 10.3. The monoisotopic (exact) mass is 136 g/mol. The molecule has 0 N–H and O–H groups in total. The largest absolute Gasteiger partial charge is 0.366 e. The molecule has 54 valence electrons. The van der Waals surface area contributed by atoms with Crippen molar-refractivity contribution in [3.05, 3.63) is 24.4 Å². The van der Waals surface area contributed by atoms with Crippen LogP contribution in [0.25, 0.3) is 0 Å². The van der Waals surface area contributed by atoms with Crippen molar-refractivity contribution in [1.82, 2.24) is 4.90 Å². The maximum absolute atomic E-state index is 4.22. The average Bonchev–Trinajstić information content (AvgIpc) is 2.12. The minimum absolute atomic E-state index is 0.931. The number of nitrogens with zero attached hydrogens (tertiary/aromatic N) is 2. The topological polar surface area (TPSA) is 15.6 Å². The van der Waals surface area contributed by atoms with Crippen molar-refractivity contribution in [3.63, 3.8) is 0 Å². The fourth-order valence-corrected chi connectivity index (χ4v) is 0.782. The summed E-state index contributed by atoms with van der Waals surface area (Å²) in [5.41, 5.74) is 0. The fourth-order valence-electron chi connectivity index (χ4n) is 0.782. The Bertz CT molecular complexity index is 187. The van der Waals surface area contributed by atoms with Gasteiger partial charge in [0.05, 0.1) is 0 Å². The average molecular weight is 136 g/mol. The molecule has 0 amide bonds. The molecule has 0 unspecified atom stereocenters. The molecular formula is C8H12N2. The fraction of sp³-hybridized carbons (Fsp3) is 0.375. The van der Waals surface area contributed by atoms with Crippen molar-refractivity contribution in [2.45, 2.75) is 6.42 Å². The summed E-state index contributed by atoms with van der Waals surface area (Å²) < 4.78 is 0. The van der Waals surface area contributed by atoms with E-state index in [1.807, 2.05) is 37.3 Å². The molecule has 0 aromatic rings. The number of aliphatic imine (C=N–C) groups is 1. The Balaban J connectivity index is 2.68. The van der Waals surface area contributed by atoms with E-state index in [0.717, 1.165) is 12.3 Å². The molecule has 1 rings (SSSR count). The van der Waals surface area contributed by atoms with Crippen molar-refractivity contribution in [3.8, 4) is 0 Å². The number of allylic oxidation sites excluding steroid dienone is 2. The van der Waals surface area contributed by atoms with Crippen LogP contribution in [0, 0.1) is 0 Å². The Morgan fingerprint density at radius 2 is 2.20 bits per heavy atom. The minimum Gasteiger partial charge on any atom is -0.366 e. The molecule has 10 heavy (non-hydrogen) atoms. The standard InChI is InChI=1S/C8H12N2/c1-10(2)8-6-4-3-5-7-9-8/h3-5,7H,6H2,1-2H3. The second kappa shape index (κ2) is 3.20. The van der Waals surface area contributed by atoms with Gasteiger partial charge in [-0.05, 0) is 6.08 Å². The molecule has 0 aliphatic carbocycles. The molecule has 2 heteroatoms. The first-order valence-corrected chi connectivity index (χ1v) is 3.36. The van der Waals surface area contributed by atoms with Gasteiger partial charge >= 0.3 is 0 Å². The van der Waals surface area contributed by atoms with Crippen molar-refractivity contribution in [2.75, 3.05) is 14.1 Å². The van der Waals surface area contributed by atoms with Crippen LogP contribution in [-0.4, -0.2) is 24.8 Å². The zero-order chi connectivity index (χ0) is 7.40. The molecule has 0 bridgehead atoms. The van der Waals surface area contributed by atoms with Gasteiger partial charge in [-0.1, -0.05) is 12.2 Å². The molecule has 0 spiro atoms. The molecule has 0 saturated heterocycles. The number of amidine groups is 1. The molecule has 0 atom stereocenters. The Labute approximate surface area is 61.6 Å². The van der Waals surface area contributed by atoms with Gasteiger partial charge in [0, 0.05) is 26.7 Å². The van der Waals surface area contributed by atoms with Gasteiger partial charge in [-0.3, -0.25) is 0 Å². The lowest BCUT2D eigenvalue weighted by Gasteiger charge is -2.12. The highest BCUT2D eigenvalue weighted by Gasteiger charge is 1.97. The summed E-state index contributed by atoms with van der Waals surface area (Å²) in [5.74, 6) is 1.10. The number of rotatable bonds is 0. The Kier molecular flexibility index (Phi) is 2.26. The summed E-state index contributed by atoms with van der Waals surface area (Å²) in [4.78, 5) is 6.25. The summed E-state index contributed by atoms with van der Waals surface area (Å²) >= 11 is 0. The van der Waals surface area contributed by atoms with Crippen molar-refractivity contribution in [1.29, 1.82) is 0 Å². The minimum atomic E-state index is 0.931. The van der Waals surface area contributed by atoms with Gasteiger partial charge in [-0.2, -0.15) is 0 Å². The maximum Gasteiger partial charge on any atom is 0.107 e. The summed E-state index contributed by atoms with van der Waals surface area (Å²) in [5, 5.41) is 0. The van der Waals surface area contributed by atoms with Crippen LogP contribution in [-0.2, 0) is 0 Å². The summed E-state index contributed by atoms with van der Waals surface area (Å²) in [6, 6.07) is 0.